The lowest BCUT2D eigenvalue weighted by molar-refractivity contribution is -0.117. The summed E-state index contributed by atoms with van der Waals surface area (Å²) >= 11 is 0. The Morgan fingerprint density at radius 3 is 2.67 bits per heavy atom. The number of pyridine rings is 1. The van der Waals surface area contributed by atoms with Gasteiger partial charge in [0.1, 0.15) is 17.6 Å². The SMILES string of the molecule is CC(=O)C[C@@H](C)c1ccc(O[C@@H]2CCN(c3ccnc(OCC(F)F)c3F)C2)cc1. The number of carbonyl (C=O) groups excluding carboxylic acids is 1. The molecule has 1 aliphatic rings. The summed E-state index contributed by atoms with van der Waals surface area (Å²) < 4.78 is 50.0. The largest absolute Gasteiger partial charge is 0.489 e. The van der Waals surface area contributed by atoms with Gasteiger partial charge in [-0.3, -0.25) is 0 Å². The summed E-state index contributed by atoms with van der Waals surface area (Å²) in [6.45, 7) is 3.71. The molecule has 1 aromatic heterocycles. The fourth-order valence-electron chi connectivity index (χ4n) is 3.56. The lowest BCUT2D eigenvalue weighted by Crippen LogP contribution is -2.25. The average molecular weight is 422 g/mol. The first kappa shape index (κ1) is 21.9. The molecule has 0 bridgehead atoms. The van der Waals surface area contributed by atoms with Gasteiger partial charge >= 0.3 is 0 Å². The molecule has 1 fully saturated rings. The quantitative estimate of drug-likeness (QED) is 0.591. The molecule has 0 N–H and O–H groups in total. The highest BCUT2D eigenvalue weighted by molar-refractivity contribution is 5.76. The molecular formula is C22H25F3N2O3. The van der Waals surface area contributed by atoms with Crippen LogP contribution in [0, 0.1) is 5.82 Å². The van der Waals surface area contributed by atoms with Crippen molar-refractivity contribution in [3.8, 4) is 11.6 Å². The number of anilines is 1. The van der Waals surface area contributed by atoms with Gasteiger partial charge in [-0.1, -0.05) is 19.1 Å². The molecule has 2 atom stereocenters. The molecule has 0 aliphatic carbocycles. The molecule has 0 unspecified atom stereocenters. The normalized spacial score (nSPS) is 17.3. The van der Waals surface area contributed by atoms with Crippen molar-refractivity contribution >= 4 is 11.5 Å². The van der Waals surface area contributed by atoms with Crippen LogP contribution in [0.3, 0.4) is 0 Å². The minimum Gasteiger partial charge on any atom is -0.489 e. The second kappa shape index (κ2) is 9.82. The van der Waals surface area contributed by atoms with E-state index in [0.29, 0.717) is 31.7 Å². The monoisotopic (exact) mass is 422 g/mol. The number of rotatable bonds is 9. The third-order valence-corrected chi connectivity index (χ3v) is 5.01. The first-order chi connectivity index (χ1) is 14.3. The van der Waals surface area contributed by atoms with Crippen LogP contribution >= 0.6 is 0 Å². The Morgan fingerprint density at radius 2 is 2.00 bits per heavy atom. The van der Waals surface area contributed by atoms with Crippen molar-refractivity contribution in [2.24, 2.45) is 0 Å². The summed E-state index contributed by atoms with van der Waals surface area (Å²) in [5.74, 6) is -0.165. The van der Waals surface area contributed by atoms with Crippen molar-refractivity contribution in [3.05, 3.63) is 47.9 Å². The number of hydrogen-bond acceptors (Lipinski definition) is 5. The minimum absolute atomic E-state index is 0.136. The lowest BCUT2D eigenvalue weighted by Gasteiger charge is -2.20. The molecule has 5 nitrogen and oxygen atoms in total. The average Bonchev–Trinajstić information content (AvgIpc) is 3.15. The summed E-state index contributed by atoms with van der Waals surface area (Å²) in [4.78, 5) is 16.8. The highest BCUT2D eigenvalue weighted by Gasteiger charge is 2.27. The van der Waals surface area contributed by atoms with E-state index in [-0.39, 0.29) is 23.5 Å². The molecule has 8 heteroatoms. The molecule has 2 aromatic rings. The Balaban J connectivity index is 1.59. The number of ether oxygens (including phenoxy) is 2. The summed E-state index contributed by atoms with van der Waals surface area (Å²) in [7, 11) is 0. The third-order valence-electron chi connectivity index (χ3n) is 5.01. The zero-order chi connectivity index (χ0) is 21.7. The van der Waals surface area contributed by atoms with Crippen LogP contribution in [0.4, 0.5) is 18.9 Å². The van der Waals surface area contributed by atoms with Gasteiger partial charge in [0.15, 0.2) is 6.61 Å². The summed E-state index contributed by atoms with van der Waals surface area (Å²) in [6, 6.07) is 9.14. The minimum atomic E-state index is -2.70. The number of nitrogens with zero attached hydrogens (tertiary/aromatic N) is 2. The van der Waals surface area contributed by atoms with Crippen molar-refractivity contribution in [3.63, 3.8) is 0 Å². The van der Waals surface area contributed by atoms with E-state index in [2.05, 4.69) is 4.98 Å². The first-order valence-electron chi connectivity index (χ1n) is 9.90. The van der Waals surface area contributed by atoms with Gasteiger partial charge in [0.2, 0.25) is 5.82 Å². The van der Waals surface area contributed by atoms with Crippen LogP contribution in [0.2, 0.25) is 0 Å². The number of hydrogen-bond donors (Lipinski definition) is 0. The Kier molecular flexibility index (Phi) is 7.18. The summed E-state index contributed by atoms with van der Waals surface area (Å²) in [5.41, 5.74) is 1.33. The molecule has 30 heavy (non-hydrogen) atoms. The molecule has 0 radical (unpaired) electrons. The van der Waals surface area contributed by atoms with Gasteiger partial charge in [0.05, 0.1) is 12.2 Å². The highest BCUT2D eigenvalue weighted by atomic mass is 19.3. The van der Waals surface area contributed by atoms with Gasteiger partial charge in [0, 0.05) is 25.6 Å². The van der Waals surface area contributed by atoms with Gasteiger partial charge < -0.3 is 19.2 Å². The number of benzene rings is 1. The first-order valence-corrected chi connectivity index (χ1v) is 9.90. The Labute approximate surface area is 173 Å². The van der Waals surface area contributed by atoms with Gasteiger partial charge in [-0.15, -0.1) is 0 Å². The van der Waals surface area contributed by atoms with Crippen LogP contribution in [0.1, 0.15) is 38.2 Å². The van der Waals surface area contributed by atoms with E-state index >= 15 is 0 Å². The molecule has 0 amide bonds. The molecule has 1 aromatic carbocycles. The number of ketones is 1. The molecule has 3 rings (SSSR count). The van der Waals surface area contributed by atoms with E-state index in [0.717, 1.165) is 5.56 Å². The summed E-state index contributed by atoms with van der Waals surface area (Å²) in [5, 5.41) is 0. The molecule has 1 aliphatic heterocycles. The zero-order valence-corrected chi connectivity index (χ0v) is 17.0. The summed E-state index contributed by atoms with van der Waals surface area (Å²) in [6.07, 6.45) is -0.302. The van der Waals surface area contributed by atoms with E-state index in [1.807, 2.05) is 31.2 Å². The van der Waals surface area contributed by atoms with Crippen LogP contribution in [-0.4, -0.2) is 43.0 Å². The van der Waals surface area contributed by atoms with Gasteiger partial charge in [-0.05, 0) is 36.6 Å². The maximum Gasteiger partial charge on any atom is 0.272 e. The predicted molar refractivity (Wildman–Crippen MR) is 107 cm³/mol. The smallest absolute Gasteiger partial charge is 0.272 e. The van der Waals surface area contributed by atoms with Gasteiger partial charge in [-0.2, -0.15) is 4.39 Å². The number of alkyl halides is 2. The van der Waals surface area contributed by atoms with Crippen molar-refractivity contribution in [1.29, 1.82) is 0 Å². The highest BCUT2D eigenvalue weighted by Crippen LogP contribution is 2.30. The number of halogens is 3. The topological polar surface area (TPSA) is 51.7 Å². The van der Waals surface area contributed by atoms with Crippen molar-refractivity contribution in [1.82, 2.24) is 4.98 Å². The van der Waals surface area contributed by atoms with E-state index in [1.54, 1.807) is 11.8 Å². The predicted octanol–water partition coefficient (Wildman–Crippen LogP) is 4.60. The fraction of sp³-hybridized carbons (Fsp3) is 0.455. The van der Waals surface area contributed by atoms with Crippen LogP contribution < -0.4 is 14.4 Å². The zero-order valence-electron chi connectivity index (χ0n) is 17.0. The molecule has 1 saturated heterocycles. The lowest BCUT2D eigenvalue weighted by atomic mass is 9.96. The van der Waals surface area contributed by atoms with E-state index < -0.39 is 24.7 Å². The Morgan fingerprint density at radius 1 is 1.27 bits per heavy atom. The molecular weight excluding hydrogens is 397 g/mol. The second-order valence-electron chi connectivity index (χ2n) is 7.50. The molecule has 0 saturated carbocycles. The fourth-order valence-corrected chi connectivity index (χ4v) is 3.56. The van der Waals surface area contributed by atoms with Crippen molar-refractivity contribution in [2.75, 3.05) is 24.6 Å². The number of Topliss-reactive ketones (excluding diaryl/α,β-unsaturated/α-hetero) is 1. The van der Waals surface area contributed by atoms with Gasteiger partial charge in [0.25, 0.3) is 12.3 Å². The standard InChI is InChI=1S/C22H25F3N2O3/c1-14(11-15(2)28)16-3-5-17(6-4-16)30-18-8-10-27(12-18)19-7-9-26-22(21(19)25)29-13-20(23)24/h3-7,9,14,18,20H,8,10-13H2,1-2H3/t14-,18-/m1/s1. The Hall–Kier alpha value is -2.77. The maximum absolute atomic E-state index is 14.6. The van der Waals surface area contributed by atoms with Crippen LogP contribution in [-0.2, 0) is 4.79 Å². The molecule has 162 valence electrons. The van der Waals surface area contributed by atoms with Crippen molar-refractivity contribution in [2.45, 2.75) is 45.1 Å². The Bertz CT molecular complexity index is 861. The molecule has 0 spiro atoms. The number of aromatic nitrogens is 1. The number of carbonyl (C=O) groups is 1. The third kappa shape index (κ3) is 5.64. The van der Waals surface area contributed by atoms with E-state index in [9.17, 15) is 18.0 Å². The maximum atomic E-state index is 14.6. The van der Waals surface area contributed by atoms with E-state index in [1.165, 1.54) is 12.3 Å². The second-order valence-corrected chi connectivity index (χ2v) is 7.50. The van der Waals surface area contributed by atoms with Crippen LogP contribution in [0.5, 0.6) is 11.6 Å². The molecule has 2 heterocycles. The van der Waals surface area contributed by atoms with Crippen LogP contribution in [0.25, 0.3) is 0 Å². The van der Waals surface area contributed by atoms with Gasteiger partial charge in [-0.25, -0.2) is 13.8 Å². The van der Waals surface area contributed by atoms with Crippen LogP contribution in [0.15, 0.2) is 36.5 Å². The van der Waals surface area contributed by atoms with E-state index in [4.69, 9.17) is 9.47 Å². The van der Waals surface area contributed by atoms with Crippen molar-refractivity contribution < 1.29 is 27.4 Å².